The van der Waals surface area contributed by atoms with Crippen molar-refractivity contribution in [3.63, 3.8) is 0 Å². The molecule has 1 atom stereocenters. The molecule has 0 aliphatic carbocycles. The molecule has 0 aliphatic rings. The third kappa shape index (κ3) is 3.22. The van der Waals surface area contributed by atoms with Crippen LogP contribution in [0, 0.1) is 12.7 Å². The third-order valence-electron chi connectivity index (χ3n) is 2.37. The standard InChI is InChI=1S/C12H16FNO2/c1-8(7-12(15)16-3)14-11-6-4-5-10(13)9(11)2/h4-6,8,14H,7H2,1-3H3. The number of nitrogens with one attached hydrogen (secondary N) is 1. The zero-order valence-corrected chi connectivity index (χ0v) is 9.71. The van der Waals surface area contributed by atoms with E-state index in [4.69, 9.17) is 0 Å². The summed E-state index contributed by atoms with van der Waals surface area (Å²) >= 11 is 0. The van der Waals surface area contributed by atoms with Crippen molar-refractivity contribution in [1.82, 2.24) is 0 Å². The van der Waals surface area contributed by atoms with E-state index in [1.54, 1.807) is 19.1 Å². The Kier molecular flexibility index (Phi) is 4.28. The summed E-state index contributed by atoms with van der Waals surface area (Å²) in [6, 6.07) is 4.74. The summed E-state index contributed by atoms with van der Waals surface area (Å²) in [5, 5.41) is 3.08. The van der Waals surface area contributed by atoms with E-state index >= 15 is 0 Å². The summed E-state index contributed by atoms with van der Waals surface area (Å²) in [5.41, 5.74) is 1.26. The molecule has 88 valence electrons. The first-order chi connectivity index (χ1) is 7.54. The highest BCUT2D eigenvalue weighted by molar-refractivity contribution is 5.70. The van der Waals surface area contributed by atoms with Gasteiger partial charge in [0.05, 0.1) is 13.5 Å². The Morgan fingerprint density at radius 3 is 2.88 bits per heavy atom. The van der Waals surface area contributed by atoms with Crippen LogP contribution in [0.25, 0.3) is 0 Å². The second kappa shape index (κ2) is 5.49. The van der Waals surface area contributed by atoms with Crippen molar-refractivity contribution in [3.8, 4) is 0 Å². The van der Waals surface area contributed by atoms with Gasteiger partial charge in [0.15, 0.2) is 0 Å². The van der Waals surface area contributed by atoms with Crippen LogP contribution in [0.15, 0.2) is 18.2 Å². The fraction of sp³-hybridized carbons (Fsp3) is 0.417. The van der Waals surface area contributed by atoms with Crippen LogP contribution in [0.1, 0.15) is 18.9 Å². The molecular formula is C12H16FNO2. The topological polar surface area (TPSA) is 38.3 Å². The maximum atomic E-state index is 13.2. The summed E-state index contributed by atoms with van der Waals surface area (Å²) in [4.78, 5) is 11.0. The summed E-state index contributed by atoms with van der Waals surface area (Å²) in [6.45, 7) is 3.55. The van der Waals surface area contributed by atoms with Crippen molar-refractivity contribution >= 4 is 11.7 Å². The maximum Gasteiger partial charge on any atom is 0.307 e. The number of ether oxygens (including phenoxy) is 1. The SMILES string of the molecule is COC(=O)CC(C)Nc1cccc(F)c1C. The molecule has 4 heteroatoms. The second-order valence-electron chi connectivity index (χ2n) is 3.74. The van der Waals surface area contributed by atoms with Gasteiger partial charge in [-0.25, -0.2) is 4.39 Å². The molecule has 0 aromatic heterocycles. The maximum absolute atomic E-state index is 13.2. The first kappa shape index (κ1) is 12.5. The first-order valence-corrected chi connectivity index (χ1v) is 5.13. The van der Waals surface area contributed by atoms with Crippen molar-refractivity contribution in [2.45, 2.75) is 26.3 Å². The van der Waals surface area contributed by atoms with Gasteiger partial charge < -0.3 is 10.1 Å². The number of hydrogen-bond donors (Lipinski definition) is 1. The molecular weight excluding hydrogens is 209 g/mol. The van der Waals surface area contributed by atoms with Gasteiger partial charge in [-0.3, -0.25) is 4.79 Å². The van der Waals surface area contributed by atoms with Crippen molar-refractivity contribution < 1.29 is 13.9 Å². The predicted octanol–water partition coefficient (Wildman–Crippen LogP) is 2.50. The number of anilines is 1. The Bertz CT molecular complexity index is 379. The van der Waals surface area contributed by atoms with E-state index in [1.807, 2.05) is 6.92 Å². The van der Waals surface area contributed by atoms with Gasteiger partial charge >= 0.3 is 5.97 Å². The van der Waals surface area contributed by atoms with Crippen LogP contribution >= 0.6 is 0 Å². The monoisotopic (exact) mass is 225 g/mol. The number of rotatable bonds is 4. The molecule has 1 N–H and O–H groups in total. The van der Waals surface area contributed by atoms with Gasteiger partial charge in [-0.05, 0) is 26.0 Å². The molecule has 0 bridgehead atoms. The van der Waals surface area contributed by atoms with Crippen molar-refractivity contribution in [3.05, 3.63) is 29.6 Å². The lowest BCUT2D eigenvalue weighted by Gasteiger charge is -2.16. The molecule has 1 aromatic carbocycles. The lowest BCUT2D eigenvalue weighted by molar-refractivity contribution is -0.140. The minimum atomic E-state index is -0.283. The van der Waals surface area contributed by atoms with Gasteiger partial charge in [-0.2, -0.15) is 0 Å². The van der Waals surface area contributed by atoms with E-state index in [0.717, 1.165) is 0 Å². The fourth-order valence-electron chi connectivity index (χ4n) is 1.41. The van der Waals surface area contributed by atoms with Crippen molar-refractivity contribution in [1.29, 1.82) is 0 Å². The molecule has 0 fully saturated rings. The Morgan fingerprint density at radius 2 is 2.25 bits per heavy atom. The van der Waals surface area contributed by atoms with Crippen LogP contribution in [0.2, 0.25) is 0 Å². The number of esters is 1. The zero-order chi connectivity index (χ0) is 12.1. The number of hydrogen-bond acceptors (Lipinski definition) is 3. The van der Waals surface area contributed by atoms with Gasteiger partial charge in [0.2, 0.25) is 0 Å². The molecule has 0 amide bonds. The van der Waals surface area contributed by atoms with Crippen LogP contribution in [0.3, 0.4) is 0 Å². The van der Waals surface area contributed by atoms with Crippen LogP contribution in [-0.4, -0.2) is 19.1 Å². The third-order valence-corrected chi connectivity index (χ3v) is 2.37. The lowest BCUT2D eigenvalue weighted by atomic mass is 10.1. The highest BCUT2D eigenvalue weighted by Crippen LogP contribution is 2.18. The molecule has 0 heterocycles. The molecule has 0 aliphatic heterocycles. The molecule has 0 saturated heterocycles. The van der Waals surface area contributed by atoms with E-state index in [1.165, 1.54) is 13.2 Å². The lowest BCUT2D eigenvalue weighted by Crippen LogP contribution is -2.20. The van der Waals surface area contributed by atoms with E-state index in [9.17, 15) is 9.18 Å². The molecule has 16 heavy (non-hydrogen) atoms. The highest BCUT2D eigenvalue weighted by Gasteiger charge is 2.10. The van der Waals surface area contributed by atoms with Gasteiger partial charge in [0, 0.05) is 17.3 Å². The molecule has 3 nitrogen and oxygen atoms in total. The Labute approximate surface area is 94.6 Å². The molecule has 0 spiro atoms. The minimum Gasteiger partial charge on any atom is -0.469 e. The van der Waals surface area contributed by atoms with Gasteiger partial charge in [0.1, 0.15) is 5.82 Å². The van der Waals surface area contributed by atoms with E-state index in [-0.39, 0.29) is 24.2 Å². The Hall–Kier alpha value is -1.58. The first-order valence-electron chi connectivity index (χ1n) is 5.13. The van der Waals surface area contributed by atoms with Crippen molar-refractivity contribution in [2.24, 2.45) is 0 Å². The van der Waals surface area contributed by atoms with Gasteiger partial charge in [-0.15, -0.1) is 0 Å². The molecule has 1 rings (SSSR count). The molecule has 0 radical (unpaired) electrons. The molecule has 1 unspecified atom stereocenters. The Balaban J connectivity index is 2.66. The summed E-state index contributed by atoms with van der Waals surface area (Å²) in [6.07, 6.45) is 0.256. The van der Waals surface area contributed by atoms with Crippen LogP contribution in [0.5, 0.6) is 0 Å². The van der Waals surface area contributed by atoms with E-state index < -0.39 is 0 Å². The second-order valence-corrected chi connectivity index (χ2v) is 3.74. The molecule has 1 aromatic rings. The number of halogens is 1. The summed E-state index contributed by atoms with van der Waals surface area (Å²) < 4.78 is 17.8. The number of carbonyl (C=O) groups is 1. The minimum absolute atomic E-state index is 0.0899. The van der Waals surface area contributed by atoms with Crippen molar-refractivity contribution in [2.75, 3.05) is 12.4 Å². The summed E-state index contributed by atoms with van der Waals surface area (Å²) in [5.74, 6) is -0.538. The average molecular weight is 225 g/mol. The fourth-order valence-corrected chi connectivity index (χ4v) is 1.41. The average Bonchev–Trinajstić information content (AvgIpc) is 2.24. The smallest absolute Gasteiger partial charge is 0.307 e. The van der Waals surface area contributed by atoms with Crippen LogP contribution in [0.4, 0.5) is 10.1 Å². The predicted molar refractivity (Wildman–Crippen MR) is 60.9 cm³/mol. The summed E-state index contributed by atoms with van der Waals surface area (Å²) in [7, 11) is 1.35. The van der Waals surface area contributed by atoms with Crippen LogP contribution in [-0.2, 0) is 9.53 Å². The Morgan fingerprint density at radius 1 is 1.56 bits per heavy atom. The highest BCUT2D eigenvalue weighted by atomic mass is 19.1. The van der Waals surface area contributed by atoms with E-state index in [2.05, 4.69) is 10.1 Å². The van der Waals surface area contributed by atoms with E-state index in [0.29, 0.717) is 11.3 Å². The van der Waals surface area contributed by atoms with Crippen LogP contribution < -0.4 is 5.32 Å². The molecule has 0 saturated carbocycles. The van der Waals surface area contributed by atoms with Gasteiger partial charge in [0.25, 0.3) is 0 Å². The number of methoxy groups -OCH3 is 1. The van der Waals surface area contributed by atoms with Gasteiger partial charge in [-0.1, -0.05) is 6.07 Å². The number of carbonyl (C=O) groups excluding carboxylic acids is 1. The quantitative estimate of drug-likeness (QED) is 0.800. The normalized spacial score (nSPS) is 12.0. The largest absolute Gasteiger partial charge is 0.469 e. The zero-order valence-electron chi connectivity index (χ0n) is 9.71. The number of benzene rings is 1.